The number of carbonyl (C=O) groups excluding carboxylic acids is 1. The van der Waals surface area contributed by atoms with Crippen LogP contribution in [-0.4, -0.2) is 22.7 Å². The molecule has 20 heavy (non-hydrogen) atoms. The van der Waals surface area contributed by atoms with E-state index in [1.54, 1.807) is 35.7 Å². The minimum atomic E-state index is -0.953. The predicted molar refractivity (Wildman–Crippen MR) is 82.1 cm³/mol. The summed E-state index contributed by atoms with van der Waals surface area (Å²) in [6.45, 7) is 0. The number of carboxylic acids is 1. The van der Waals surface area contributed by atoms with E-state index in [0.29, 0.717) is 10.7 Å². The van der Waals surface area contributed by atoms with Crippen LogP contribution in [0.3, 0.4) is 0 Å². The minimum absolute atomic E-state index is 0.166. The zero-order valence-electron chi connectivity index (χ0n) is 10.1. The third kappa shape index (κ3) is 4.26. The lowest BCUT2D eigenvalue weighted by Crippen LogP contribution is -2.13. The molecule has 1 aromatic heterocycles. The highest BCUT2D eigenvalue weighted by molar-refractivity contribution is 8.00. The molecule has 0 fully saturated rings. The average Bonchev–Trinajstić information content (AvgIpc) is 2.85. The fraction of sp³-hybridized carbons (Fsp3) is 0.0769. The van der Waals surface area contributed by atoms with Gasteiger partial charge in [0, 0.05) is 21.0 Å². The van der Waals surface area contributed by atoms with Crippen LogP contribution in [0.1, 0.15) is 9.67 Å². The number of benzene rings is 1. The normalized spacial score (nSPS) is 10.2. The first-order valence-electron chi connectivity index (χ1n) is 5.54. The number of nitrogens with one attached hydrogen (secondary N) is 1. The largest absolute Gasteiger partial charge is 0.477 e. The molecular formula is C13H10ClNO3S2. The summed E-state index contributed by atoms with van der Waals surface area (Å²) < 4.78 is 0. The highest BCUT2D eigenvalue weighted by Crippen LogP contribution is 2.25. The maximum atomic E-state index is 11.7. The minimum Gasteiger partial charge on any atom is -0.477 e. The van der Waals surface area contributed by atoms with Gasteiger partial charge >= 0.3 is 5.97 Å². The summed E-state index contributed by atoms with van der Waals surface area (Å²) in [5.74, 6) is -0.909. The lowest BCUT2D eigenvalue weighted by Gasteiger charge is -2.04. The lowest BCUT2D eigenvalue weighted by molar-refractivity contribution is -0.113. The Balaban J connectivity index is 1.87. The van der Waals surface area contributed by atoms with Crippen LogP contribution in [0.25, 0.3) is 0 Å². The van der Waals surface area contributed by atoms with Crippen LogP contribution in [0.5, 0.6) is 0 Å². The first kappa shape index (κ1) is 14.9. The molecule has 7 heteroatoms. The van der Waals surface area contributed by atoms with Gasteiger partial charge < -0.3 is 10.4 Å². The number of hydrogen-bond acceptors (Lipinski definition) is 4. The van der Waals surface area contributed by atoms with Crippen LogP contribution in [-0.2, 0) is 4.79 Å². The molecule has 0 saturated carbocycles. The molecular weight excluding hydrogens is 318 g/mol. The molecule has 0 aliphatic rings. The first-order chi connectivity index (χ1) is 9.54. The fourth-order valence-electron chi connectivity index (χ4n) is 1.42. The summed E-state index contributed by atoms with van der Waals surface area (Å²) in [6.07, 6.45) is 0. The Morgan fingerprint density at radius 1 is 1.35 bits per heavy atom. The van der Waals surface area contributed by atoms with Crippen LogP contribution in [0, 0.1) is 0 Å². The van der Waals surface area contributed by atoms with Crippen LogP contribution >= 0.6 is 34.7 Å². The Morgan fingerprint density at radius 3 is 2.80 bits per heavy atom. The molecule has 0 radical (unpaired) electrons. The summed E-state index contributed by atoms with van der Waals surface area (Å²) in [5, 5.41) is 13.8. The summed E-state index contributed by atoms with van der Waals surface area (Å²) in [7, 11) is 0. The summed E-state index contributed by atoms with van der Waals surface area (Å²) in [6, 6.07) is 8.46. The van der Waals surface area contributed by atoms with E-state index in [2.05, 4.69) is 5.32 Å². The molecule has 0 bridgehead atoms. The third-order valence-electron chi connectivity index (χ3n) is 2.26. The second kappa shape index (κ2) is 6.78. The number of amides is 1. The summed E-state index contributed by atoms with van der Waals surface area (Å²) >= 11 is 8.26. The van der Waals surface area contributed by atoms with Crippen molar-refractivity contribution in [3.05, 3.63) is 45.6 Å². The molecule has 1 aromatic carbocycles. The van der Waals surface area contributed by atoms with Crippen LogP contribution in [0.4, 0.5) is 5.69 Å². The van der Waals surface area contributed by atoms with E-state index in [9.17, 15) is 9.59 Å². The SMILES string of the molecule is O=C(CSc1csc(C(=O)O)c1)Nc1cccc(Cl)c1. The average molecular weight is 328 g/mol. The molecule has 0 saturated heterocycles. The first-order valence-corrected chi connectivity index (χ1v) is 7.79. The van der Waals surface area contributed by atoms with Crippen molar-refractivity contribution in [1.82, 2.24) is 0 Å². The topological polar surface area (TPSA) is 66.4 Å². The van der Waals surface area contributed by atoms with Gasteiger partial charge in [0.15, 0.2) is 0 Å². The molecule has 1 amide bonds. The molecule has 0 spiro atoms. The van der Waals surface area contributed by atoms with Crippen molar-refractivity contribution in [2.75, 3.05) is 11.1 Å². The van der Waals surface area contributed by atoms with Gasteiger partial charge in [-0.3, -0.25) is 4.79 Å². The van der Waals surface area contributed by atoms with Crippen molar-refractivity contribution in [3.8, 4) is 0 Å². The van der Waals surface area contributed by atoms with E-state index >= 15 is 0 Å². The van der Waals surface area contributed by atoms with Gasteiger partial charge in [0.05, 0.1) is 5.75 Å². The van der Waals surface area contributed by atoms with E-state index in [4.69, 9.17) is 16.7 Å². The number of halogens is 1. The number of anilines is 1. The number of thiophene rings is 1. The zero-order valence-corrected chi connectivity index (χ0v) is 12.5. The van der Waals surface area contributed by atoms with Crippen molar-refractivity contribution in [1.29, 1.82) is 0 Å². The number of hydrogen-bond donors (Lipinski definition) is 2. The number of rotatable bonds is 5. The van der Waals surface area contributed by atoms with Gasteiger partial charge in [-0.2, -0.15) is 0 Å². The van der Waals surface area contributed by atoms with E-state index in [1.807, 2.05) is 0 Å². The number of carboxylic acid groups (broad SMARTS) is 1. The van der Waals surface area contributed by atoms with E-state index in [-0.39, 0.29) is 16.5 Å². The smallest absolute Gasteiger partial charge is 0.345 e. The second-order valence-electron chi connectivity index (χ2n) is 3.80. The monoisotopic (exact) mass is 327 g/mol. The van der Waals surface area contributed by atoms with Crippen molar-refractivity contribution >= 4 is 52.3 Å². The van der Waals surface area contributed by atoms with E-state index < -0.39 is 5.97 Å². The van der Waals surface area contributed by atoms with Gasteiger partial charge in [0.25, 0.3) is 0 Å². The Kier molecular flexibility index (Phi) is 5.05. The maximum Gasteiger partial charge on any atom is 0.345 e. The Bertz CT molecular complexity index is 642. The molecule has 0 aliphatic carbocycles. The van der Waals surface area contributed by atoms with Crippen LogP contribution in [0.15, 0.2) is 40.6 Å². The van der Waals surface area contributed by atoms with Gasteiger partial charge in [0.1, 0.15) is 4.88 Å². The standard InChI is InChI=1S/C13H10ClNO3S2/c14-8-2-1-3-9(4-8)15-12(16)7-19-10-5-11(13(17)18)20-6-10/h1-6H,7H2,(H,15,16)(H,17,18). The van der Waals surface area contributed by atoms with Gasteiger partial charge in [-0.15, -0.1) is 23.1 Å². The van der Waals surface area contributed by atoms with Crippen molar-refractivity contribution in [2.24, 2.45) is 0 Å². The molecule has 0 atom stereocenters. The highest BCUT2D eigenvalue weighted by Gasteiger charge is 2.09. The molecule has 2 aromatic rings. The number of thioether (sulfide) groups is 1. The molecule has 2 rings (SSSR count). The van der Waals surface area contributed by atoms with Crippen LogP contribution < -0.4 is 5.32 Å². The predicted octanol–water partition coefficient (Wildman–Crippen LogP) is 3.83. The highest BCUT2D eigenvalue weighted by atomic mass is 35.5. The molecule has 104 valence electrons. The Morgan fingerprint density at radius 2 is 2.15 bits per heavy atom. The molecule has 4 nitrogen and oxygen atoms in total. The quantitative estimate of drug-likeness (QED) is 0.819. The Labute approximate surface area is 128 Å². The summed E-state index contributed by atoms with van der Waals surface area (Å²) in [4.78, 5) is 23.5. The van der Waals surface area contributed by atoms with E-state index in [0.717, 1.165) is 16.2 Å². The molecule has 0 unspecified atom stereocenters. The van der Waals surface area contributed by atoms with Gasteiger partial charge in [-0.1, -0.05) is 17.7 Å². The molecule has 0 aliphatic heterocycles. The summed E-state index contributed by atoms with van der Waals surface area (Å²) in [5.41, 5.74) is 0.639. The second-order valence-corrected chi connectivity index (χ2v) is 6.20. The Hall–Kier alpha value is -1.50. The van der Waals surface area contributed by atoms with E-state index in [1.165, 1.54) is 11.8 Å². The van der Waals surface area contributed by atoms with Gasteiger partial charge in [-0.25, -0.2) is 4.79 Å². The van der Waals surface area contributed by atoms with Crippen LogP contribution in [0.2, 0.25) is 5.02 Å². The maximum absolute atomic E-state index is 11.7. The number of carbonyl (C=O) groups is 2. The fourth-order valence-corrected chi connectivity index (χ4v) is 3.28. The number of aromatic carboxylic acids is 1. The third-order valence-corrected chi connectivity index (χ3v) is 4.54. The van der Waals surface area contributed by atoms with Crippen molar-refractivity contribution < 1.29 is 14.7 Å². The van der Waals surface area contributed by atoms with Crippen molar-refractivity contribution in [3.63, 3.8) is 0 Å². The molecule has 1 heterocycles. The van der Waals surface area contributed by atoms with Crippen molar-refractivity contribution in [2.45, 2.75) is 4.90 Å². The lowest BCUT2D eigenvalue weighted by atomic mass is 10.3. The van der Waals surface area contributed by atoms with Gasteiger partial charge in [-0.05, 0) is 24.3 Å². The van der Waals surface area contributed by atoms with Gasteiger partial charge in [0.2, 0.25) is 5.91 Å². The zero-order chi connectivity index (χ0) is 14.5. The molecule has 2 N–H and O–H groups in total.